The van der Waals surface area contributed by atoms with Crippen LogP contribution in [0.25, 0.3) is 10.9 Å². The number of hydrogen-bond donors (Lipinski definition) is 0. The molecule has 0 aliphatic heterocycles. The van der Waals surface area contributed by atoms with E-state index in [1.54, 1.807) is 0 Å². The molecule has 0 N–H and O–H groups in total. The normalized spacial score (nSPS) is 11.6. The molecular formula is C13H18ClIN2. The molecule has 0 spiro atoms. The van der Waals surface area contributed by atoms with Crippen molar-refractivity contribution in [2.75, 3.05) is 21.1 Å². The Hall–Kier alpha value is -0.260. The van der Waals surface area contributed by atoms with E-state index in [4.69, 9.17) is 11.6 Å². The minimum atomic E-state index is 0. The van der Waals surface area contributed by atoms with Gasteiger partial charge in [-0.05, 0) is 12.1 Å². The molecule has 0 unspecified atom stereocenters. The lowest BCUT2D eigenvalue weighted by molar-refractivity contribution is -0.883. The zero-order chi connectivity index (χ0) is 11.9. The van der Waals surface area contributed by atoms with Gasteiger partial charge >= 0.3 is 0 Å². The van der Waals surface area contributed by atoms with Crippen molar-refractivity contribution in [2.45, 2.75) is 6.54 Å². The van der Waals surface area contributed by atoms with Gasteiger partial charge < -0.3 is 33.0 Å². The number of nitrogens with zero attached hydrogens (tertiary/aromatic N) is 2. The summed E-state index contributed by atoms with van der Waals surface area (Å²) in [4.78, 5) is 0. The van der Waals surface area contributed by atoms with Crippen LogP contribution in [0.3, 0.4) is 0 Å². The second-order valence-electron chi connectivity index (χ2n) is 5.35. The largest absolute Gasteiger partial charge is 1.00 e. The van der Waals surface area contributed by atoms with Gasteiger partial charge in [0.2, 0.25) is 0 Å². The van der Waals surface area contributed by atoms with Gasteiger partial charge in [0.15, 0.2) is 0 Å². The first-order valence-electron chi connectivity index (χ1n) is 5.41. The van der Waals surface area contributed by atoms with Gasteiger partial charge in [-0.25, -0.2) is 0 Å². The topological polar surface area (TPSA) is 4.93 Å². The molecule has 94 valence electrons. The van der Waals surface area contributed by atoms with Gasteiger partial charge in [0.25, 0.3) is 0 Å². The monoisotopic (exact) mass is 364 g/mol. The number of benzene rings is 1. The molecule has 1 aromatic heterocycles. The fraction of sp³-hybridized carbons (Fsp3) is 0.385. The minimum absolute atomic E-state index is 0. The molecule has 0 radical (unpaired) electrons. The second-order valence-corrected chi connectivity index (χ2v) is 5.75. The molecule has 1 aromatic carbocycles. The van der Waals surface area contributed by atoms with Crippen LogP contribution in [0.15, 0.2) is 24.4 Å². The Morgan fingerprint density at radius 3 is 2.47 bits per heavy atom. The van der Waals surface area contributed by atoms with Crippen LogP contribution in [0.5, 0.6) is 0 Å². The third kappa shape index (κ3) is 3.14. The highest BCUT2D eigenvalue weighted by Gasteiger charge is 2.15. The first-order valence-corrected chi connectivity index (χ1v) is 5.79. The molecule has 4 heteroatoms. The Labute approximate surface area is 125 Å². The van der Waals surface area contributed by atoms with Gasteiger partial charge in [-0.3, -0.25) is 0 Å². The van der Waals surface area contributed by atoms with E-state index < -0.39 is 0 Å². The van der Waals surface area contributed by atoms with Crippen molar-refractivity contribution in [1.29, 1.82) is 0 Å². The Morgan fingerprint density at radius 1 is 1.24 bits per heavy atom. The van der Waals surface area contributed by atoms with Crippen LogP contribution in [0.2, 0.25) is 5.02 Å². The quantitative estimate of drug-likeness (QED) is 0.524. The zero-order valence-corrected chi connectivity index (χ0v) is 13.6. The Morgan fingerprint density at radius 2 is 1.88 bits per heavy atom. The SMILES string of the molecule is Cn1cc(C[N+](C)(C)C)c2c(Cl)cccc21.[I-]. The molecule has 0 aliphatic carbocycles. The van der Waals surface area contributed by atoms with Crippen molar-refractivity contribution in [2.24, 2.45) is 7.05 Å². The molecular weight excluding hydrogens is 347 g/mol. The first-order chi connectivity index (χ1) is 7.38. The minimum Gasteiger partial charge on any atom is -1.00 e. The van der Waals surface area contributed by atoms with E-state index in [-0.39, 0.29) is 24.0 Å². The highest BCUT2D eigenvalue weighted by Crippen LogP contribution is 2.29. The van der Waals surface area contributed by atoms with E-state index in [9.17, 15) is 0 Å². The lowest BCUT2D eigenvalue weighted by atomic mass is 10.1. The predicted molar refractivity (Wildman–Crippen MR) is 69.7 cm³/mol. The number of aryl methyl sites for hydroxylation is 1. The molecule has 0 atom stereocenters. The summed E-state index contributed by atoms with van der Waals surface area (Å²) in [5, 5.41) is 2.04. The highest BCUT2D eigenvalue weighted by atomic mass is 127. The fourth-order valence-corrected chi connectivity index (χ4v) is 2.41. The Balaban J connectivity index is 0.00000144. The summed E-state index contributed by atoms with van der Waals surface area (Å²) in [6.45, 7) is 0.987. The molecule has 0 bridgehead atoms. The first kappa shape index (κ1) is 14.8. The number of fused-ring (bicyclic) bond motifs is 1. The molecule has 17 heavy (non-hydrogen) atoms. The van der Waals surface area contributed by atoms with E-state index in [1.165, 1.54) is 16.5 Å². The zero-order valence-electron chi connectivity index (χ0n) is 10.7. The van der Waals surface area contributed by atoms with Crippen molar-refractivity contribution in [1.82, 2.24) is 4.57 Å². The maximum absolute atomic E-state index is 6.28. The van der Waals surface area contributed by atoms with E-state index in [2.05, 4.69) is 45.0 Å². The van der Waals surface area contributed by atoms with Gasteiger partial charge in [0.05, 0.1) is 26.2 Å². The summed E-state index contributed by atoms with van der Waals surface area (Å²) in [6, 6.07) is 6.07. The molecule has 2 aromatic rings. The summed E-state index contributed by atoms with van der Waals surface area (Å²) in [5.74, 6) is 0. The van der Waals surface area contributed by atoms with Crippen LogP contribution in [-0.4, -0.2) is 30.2 Å². The maximum atomic E-state index is 6.28. The smallest absolute Gasteiger partial charge is 0.106 e. The van der Waals surface area contributed by atoms with Gasteiger partial charge in [0, 0.05) is 29.7 Å². The highest BCUT2D eigenvalue weighted by molar-refractivity contribution is 6.35. The molecule has 0 amide bonds. The van der Waals surface area contributed by atoms with Crippen molar-refractivity contribution in [3.05, 3.63) is 35.0 Å². The molecule has 2 nitrogen and oxygen atoms in total. The molecule has 0 saturated heterocycles. The molecule has 0 aliphatic rings. The lowest BCUT2D eigenvalue weighted by Gasteiger charge is -2.23. The molecule has 2 rings (SSSR count). The fourth-order valence-electron chi connectivity index (χ4n) is 2.12. The van der Waals surface area contributed by atoms with E-state index in [0.717, 1.165) is 16.1 Å². The third-order valence-corrected chi connectivity index (χ3v) is 3.00. The average molecular weight is 365 g/mol. The standard InChI is InChI=1S/C13H18ClN2.HI/c1-15-8-10(9-16(2,3)4)13-11(14)6-5-7-12(13)15;/h5-8H,9H2,1-4H3;1H/q+1;/p-1. The molecule has 1 heterocycles. The van der Waals surface area contributed by atoms with Gasteiger partial charge in [0.1, 0.15) is 6.54 Å². The maximum Gasteiger partial charge on any atom is 0.106 e. The van der Waals surface area contributed by atoms with Crippen LogP contribution in [0.4, 0.5) is 0 Å². The van der Waals surface area contributed by atoms with E-state index >= 15 is 0 Å². The summed E-state index contributed by atoms with van der Waals surface area (Å²) in [6.07, 6.45) is 2.18. The Bertz CT molecular complexity index is 526. The number of rotatable bonds is 2. The van der Waals surface area contributed by atoms with Crippen LogP contribution >= 0.6 is 11.6 Å². The summed E-state index contributed by atoms with van der Waals surface area (Å²) in [5.41, 5.74) is 2.52. The van der Waals surface area contributed by atoms with Gasteiger partial charge in [-0.1, -0.05) is 17.7 Å². The van der Waals surface area contributed by atoms with E-state index in [1.807, 2.05) is 12.1 Å². The summed E-state index contributed by atoms with van der Waals surface area (Å²) < 4.78 is 3.05. The average Bonchev–Trinajstić information content (AvgIpc) is 2.42. The number of quaternary nitrogens is 1. The van der Waals surface area contributed by atoms with Crippen LogP contribution in [-0.2, 0) is 13.6 Å². The second kappa shape index (κ2) is 5.16. The number of aromatic nitrogens is 1. The van der Waals surface area contributed by atoms with Crippen LogP contribution in [0.1, 0.15) is 5.56 Å². The number of halogens is 2. The van der Waals surface area contributed by atoms with Crippen LogP contribution in [0, 0.1) is 0 Å². The molecule has 0 fully saturated rings. The van der Waals surface area contributed by atoms with Crippen LogP contribution < -0.4 is 24.0 Å². The van der Waals surface area contributed by atoms with E-state index in [0.29, 0.717) is 0 Å². The third-order valence-electron chi connectivity index (χ3n) is 2.69. The van der Waals surface area contributed by atoms with Gasteiger partial charge in [-0.15, -0.1) is 0 Å². The van der Waals surface area contributed by atoms with Gasteiger partial charge in [-0.2, -0.15) is 0 Å². The van der Waals surface area contributed by atoms with Crippen molar-refractivity contribution in [3.63, 3.8) is 0 Å². The Kier molecular flexibility index (Phi) is 4.49. The molecule has 0 saturated carbocycles. The summed E-state index contributed by atoms with van der Waals surface area (Å²) in [7, 11) is 8.64. The lowest BCUT2D eigenvalue weighted by Crippen LogP contribution is -3.00. The van der Waals surface area contributed by atoms with Crippen molar-refractivity contribution >= 4 is 22.5 Å². The number of hydrogen-bond acceptors (Lipinski definition) is 0. The van der Waals surface area contributed by atoms with Crippen molar-refractivity contribution < 1.29 is 28.5 Å². The predicted octanol–water partition coefficient (Wildman–Crippen LogP) is 0.0419. The summed E-state index contributed by atoms with van der Waals surface area (Å²) >= 11 is 6.28. The van der Waals surface area contributed by atoms with Crippen molar-refractivity contribution in [3.8, 4) is 0 Å².